The molecule has 30 heavy (non-hydrogen) atoms. The number of nitrogens with two attached hydrogens (primary N) is 1. The summed E-state index contributed by atoms with van der Waals surface area (Å²) in [6, 6.07) is 2.75. The number of nitrogens with one attached hydrogen (secondary N) is 2. The van der Waals surface area contributed by atoms with E-state index in [9.17, 15) is 9.18 Å². The zero-order valence-corrected chi connectivity index (χ0v) is 16.1. The second-order valence-corrected chi connectivity index (χ2v) is 7.14. The predicted octanol–water partition coefficient (Wildman–Crippen LogP) is 1.89. The summed E-state index contributed by atoms with van der Waals surface area (Å²) in [5.41, 5.74) is 5.38. The molecule has 0 bridgehead atoms. The van der Waals surface area contributed by atoms with Gasteiger partial charge in [0.1, 0.15) is 11.8 Å². The number of aromatic nitrogens is 4. The fraction of sp³-hybridized carbons (Fsp3) is 0.316. The van der Waals surface area contributed by atoms with Gasteiger partial charge in [-0.15, -0.1) is 0 Å². The molecule has 3 aromatic heterocycles. The molecule has 0 aromatic carbocycles. The highest BCUT2D eigenvalue weighted by Gasteiger charge is 2.37. The Hall–Kier alpha value is -3.60. The third-order valence-corrected chi connectivity index (χ3v) is 5.26. The fourth-order valence-electron chi connectivity index (χ4n) is 3.55. The van der Waals surface area contributed by atoms with Gasteiger partial charge in [0.05, 0.1) is 18.3 Å². The molecule has 0 atom stereocenters. The number of oxazole rings is 1. The highest BCUT2D eigenvalue weighted by molar-refractivity contribution is 5.98. The molecule has 1 aliphatic heterocycles. The molecule has 11 heteroatoms. The van der Waals surface area contributed by atoms with Crippen molar-refractivity contribution in [3.8, 4) is 0 Å². The molecular weight excluding hydrogens is 391 g/mol. The minimum Gasteiger partial charge on any atom is -0.448 e. The van der Waals surface area contributed by atoms with E-state index in [4.69, 9.17) is 15.6 Å². The standard InChI is InChI=1S/C19H21FN8O2/c20-15-9-13(1-4-23-15)25-18-14(17(22)29)10-28(26-18)19(12-21)2-6-27(7-3-19)11-16-24-5-8-30-16/h1,4-5,8-10,12,21H,2-3,6-7,11H2,(H2,22,29)(H,23,25,26). The number of carbonyl (C=O) groups is 1. The summed E-state index contributed by atoms with van der Waals surface area (Å²) < 4.78 is 20.3. The zero-order chi connectivity index (χ0) is 21.1. The van der Waals surface area contributed by atoms with E-state index in [0.717, 1.165) is 0 Å². The van der Waals surface area contributed by atoms with Crippen LogP contribution in [0.1, 0.15) is 29.1 Å². The summed E-state index contributed by atoms with van der Waals surface area (Å²) in [6.45, 7) is 1.98. The van der Waals surface area contributed by atoms with Crippen molar-refractivity contribution in [3.05, 3.63) is 54.4 Å². The molecule has 0 aliphatic carbocycles. The first-order valence-corrected chi connectivity index (χ1v) is 9.40. The summed E-state index contributed by atoms with van der Waals surface area (Å²) >= 11 is 0. The zero-order valence-electron chi connectivity index (χ0n) is 16.1. The molecular formula is C19H21FN8O2. The van der Waals surface area contributed by atoms with Crippen LogP contribution in [0.2, 0.25) is 0 Å². The van der Waals surface area contributed by atoms with Gasteiger partial charge in [0, 0.05) is 43.5 Å². The van der Waals surface area contributed by atoms with Crippen molar-refractivity contribution in [1.29, 1.82) is 5.41 Å². The van der Waals surface area contributed by atoms with Crippen LogP contribution >= 0.6 is 0 Å². The summed E-state index contributed by atoms with van der Waals surface area (Å²) in [4.78, 5) is 21.8. The second kappa shape index (κ2) is 8.03. The molecule has 1 aliphatic rings. The van der Waals surface area contributed by atoms with Crippen LogP contribution in [0.4, 0.5) is 15.9 Å². The van der Waals surface area contributed by atoms with Gasteiger partial charge in [-0.2, -0.15) is 9.49 Å². The van der Waals surface area contributed by atoms with Gasteiger partial charge in [-0.25, -0.2) is 9.97 Å². The topological polar surface area (TPSA) is 139 Å². The molecule has 1 amide bonds. The van der Waals surface area contributed by atoms with E-state index in [1.165, 1.54) is 24.7 Å². The van der Waals surface area contributed by atoms with E-state index in [1.807, 2.05) is 0 Å². The quantitative estimate of drug-likeness (QED) is 0.398. The van der Waals surface area contributed by atoms with Gasteiger partial charge in [0.2, 0.25) is 11.8 Å². The molecule has 0 radical (unpaired) electrons. The van der Waals surface area contributed by atoms with Crippen LogP contribution in [0.5, 0.6) is 0 Å². The number of hydrogen-bond donors (Lipinski definition) is 3. The van der Waals surface area contributed by atoms with Crippen LogP contribution in [0.3, 0.4) is 0 Å². The maximum atomic E-state index is 13.4. The van der Waals surface area contributed by atoms with Gasteiger partial charge in [0.15, 0.2) is 5.82 Å². The van der Waals surface area contributed by atoms with Crippen molar-refractivity contribution in [3.63, 3.8) is 0 Å². The molecule has 0 unspecified atom stereocenters. The van der Waals surface area contributed by atoms with Gasteiger partial charge in [-0.05, 0) is 18.9 Å². The summed E-state index contributed by atoms with van der Waals surface area (Å²) in [5.74, 6) is -0.478. The number of carbonyl (C=O) groups excluding carboxylic acids is 1. The lowest BCUT2D eigenvalue weighted by Gasteiger charge is -2.38. The Morgan fingerprint density at radius 1 is 1.37 bits per heavy atom. The van der Waals surface area contributed by atoms with Gasteiger partial charge >= 0.3 is 0 Å². The Morgan fingerprint density at radius 2 is 2.17 bits per heavy atom. The van der Waals surface area contributed by atoms with Crippen LogP contribution in [-0.2, 0) is 12.1 Å². The van der Waals surface area contributed by atoms with Crippen molar-refractivity contribution in [2.24, 2.45) is 5.73 Å². The number of halogens is 1. The average Bonchev–Trinajstić information content (AvgIpc) is 3.39. The molecule has 0 saturated carbocycles. The van der Waals surface area contributed by atoms with Crippen molar-refractivity contribution in [1.82, 2.24) is 24.6 Å². The van der Waals surface area contributed by atoms with Crippen molar-refractivity contribution in [2.45, 2.75) is 24.9 Å². The molecule has 4 rings (SSSR count). The van der Waals surface area contributed by atoms with Gasteiger partial charge in [-0.3, -0.25) is 14.4 Å². The molecule has 10 nitrogen and oxygen atoms in total. The monoisotopic (exact) mass is 412 g/mol. The summed E-state index contributed by atoms with van der Waals surface area (Å²) in [6.07, 6.45) is 8.57. The van der Waals surface area contributed by atoms with Crippen molar-refractivity contribution >= 4 is 23.6 Å². The molecule has 1 fully saturated rings. The number of anilines is 2. The van der Waals surface area contributed by atoms with E-state index < -0.39 is 17.4 Å². The smallest absolute Gasteiger partial charge is 0.254 e. The Labute approximate surface area is 171 Å². The molecule has 4 N–H and O–H groups in total. The number of primary amides is 1. The van der Waals surface area contributed by atoms with Crippen LogP contribution in [-0.4, -0.2) is 49.9 Å². The summed E-state index contributed by atoms with van der Waals surface area (Å²) in [5, 5.41) is 15.5. The highest BCUT2D eigenvalue weighted by atomic mass is 19.1. The molecule has 1 saturated heterocycles. The Bertz CT molecular complexity index is 1040. The maximum Gasteiger partial charge on any atom is 0.254 e. The first-order valence-electron chi connectivity index (χ1n) is 9.40. The van der Waals surface area contributed by atoms with E-state index in [1.54, 1.807) is 23.2 Å². The SMILES string of the molecule is N=CC1(n2cc(C(N)=O)c(Nc3ccnc(F)c3)n2)CCN(Cc2ncco2)CC1. The van der Waals surface area contributed by atoms with E-state index in [-0.39, 0.29) is 11.4 Å². The summed E-state index contributed by atoms with van der Waals surface area (Å²) in [7, 11) is 0. The van der Waals surface area contributed by atoms with Gasteiger partial charge in [-0.1, -0.05) is 0 Å². The lowest BCUT2D eigenvalue weighted by atomic mass is 9.89. The first kappa shape index (κ1) is 19.7. The number of nitrogens with zero attached hydrogens (tertiary/aromatic N) is 5. The lowest BCUT2D eigenvalue weighted by molar-refractivity contribution is 0.1000. The normalized spacial score (nSPS) is 16.3. The fourth-order valence-corrected chi connectivity index (χ4v) is 3.55. The first-order chi connectivity index (χ1) is 14.5. The molecule has 156 valence electrons. The Kier molecular flexibility index (Phi) is 5.27. The predicted molar refractivity (Wildman–Crippen MR) is 106 cm³/mol. The largest absolute Gasteiger partial charge is 0.448 e. The van der Waals surface area contributed by atoms with Gasteiger partial charge in [0.25, 0.3) is 5.91 Å². The van der Waals surface area contributed by atoms with E-state index in [0.29, 0.717) is 44.1 Å². The number of piperidine rings is 1. The third-order valence-electron chi connectivity index (χ3n) is 5.26. The van der Waals surface area contributed by atoms with E-state index >= 15 is 0 Å². The lowest BCUT2D eigenvalue weighted by Crippen LogP contribution is -2.47. The van der Waals surface area contributed by atoms with Crippen LogP contribution in [0.15, 0.2) is 41.4 Å². The number of pyridine rings is 1. The molecule has 4 heterocycles. The maximum absolute atomic E-state index is 13.4. The average molecular weight is 412 g/mol. The number of rotatable bonds is 7. The van der Waals surface area contributed by atoms with E-state index in [2.05, 4.69) is 25.3 Å². The highest BCUT2D eigenvalue weighted by Crippen LogP contribution is 2.31. The minimum absolute atomic E-state index is 0.163. The van der Waals surface area contributed by atoms with Gasteiger partial charge < -0.3 is 20.9 Å². The van der Waals surface area contributed by atoms with Crippen LogP contribution in [0.25, 0.3) is 0 Å². The van der Waals surface area contributed by atoms with Crippen LogP contribution < -0.4 is 11.1 Å². The Morgan fingerprint density at radius 3 is 2.80 bits per heavy atom. The Balaban J connectivity index is 1.56. The van der Waals surface area contributed by atoms with Crippen molar-refractivity contribution in [2.75, 3.05) is 18.4 Å². The van der Waals surface area contributed by atoms with Crippen molar-refractivity contribution < 1.29 is 13.6 Å². The van der Waals surface area contributed by atoms with Crippen LogP contribution in [0, 0.1) is 11.4 Å². The molecule has 0 spiro atoms. The second-order valence-electron chi connectivity index (χ2n) is 7.14. The number of hydrogen-bond acceptors (Lipinski definition) is 8. The minimum atomic E-state index is -0.694. The molecule has 3 aromatic rings. The number of likely N-dealkylation sites (tertiary alicyclic amines) is 1. The number of amides is 1. The third kappa shape index (κ3) is 3.92.